The predicted molar refractivity (Wildman–Crippen MR) is 75.8 cm³/mol. The average Bonchev–Trinajstić information content (AvgIpc) is 2.39. The highest BCUT2D eigenvalue weighted by Gasteiger charge is 2.01. The highest BCUT2D eigenvalue weighted by molar-refractivity contribution is 7.99. The Bertz CT molecular complexity index is 569. The third-order valence-electron chi connectivity index (χ3n) is 2.69. The molecule has 19 heavy (non-hydrogen) atoms. The molecule has 0 aliphatic heterocycles. The van der Waals surface area contributed by atoms with Crippen molar-refractivity contribution in [3.05, 3.63) is 65.5 Å². The van der Waals surface area contributed by atoms with Crippen LogP contribution in [0.3, 0.4) is 0 Å². The van der Waals surface area contributed by atoms with E-state index in [1.54, 1.807) is 30.0 Å². The second-order valence-corrected chi connectivity index (χ2v) is 5.29. The van der Waals surface area contributed by atoms with Crippen LogP contribution in [-0.4, -0.2) is 11.7 Å². The van der Waals surface area contributed by atoms with Crippen LogP contribution in [0.4, 0.5) is 4.39 Å². The minimum Gasteiger partial charge on any atom is -0.366 e. The van der Waals surface area contributed by atoms with Gasteiger partial charge in [-0.05, 0) is 42.3 Å². The molecule has 2 aromatic carbocycles. The van der Waals surface area contributed by atoms with Crippen molar-refractivity contribution in [2.24, 2.45) is 5.73 Å². The SMILES string of the molecule is NC(=O)c1ccc(CCSc2cccc(F)c2)cc1. The van der Waals surface area contributed by atoms with Gasteiger partial charge in [-0.25, -0.2) is 4.39 Å². The molecule has 0 aromatic heterocycles. The second-order valence-electron chi connectivity index (χ2n) is 4.12. The first-order valence-electron chi connectivity index (χ1n) is 5.92. The summed E-state index contributed by atoms with van der Waals surface area (Å²) < 4.78 is 13.0. The average molecular weight is 275 g/mol. The van der Waals surface area contributed by atoms with Crippen molar-refractivity contribution in [2.45, 2.75) is 11.3 Å². The van der Waals surface area contributed by atoms with E-state index in [1.165, 1.54) is 12.1 Å². The van der Waals surface area contributed by atoms with Crippen molar-refractivity contribution in [1.82, 2.24) is 0 Å². The van der Waals surface area contributed by atoms with Crippen LogP contribution in [0, 0.1) is 5.82 Å². The lowest BCUT2D eigenvalue weighted by molar-refractivity contribution is 0.100. The number of aryl methyl sites for hydroxylation is 1. The number of amides is 1. The Balaban J connectivity index is 1.87. The number of nitrogens with two attached hydrogens (primary N) is 1. The monoisotopic (exact) mass is 275 g/mol. The van der Waals surface area contributed by atoms with E-state index < -0.39 is 5.91 Å². The quantitative estimate of drug-likeness (QED) is 0.851. The first-order chi connectivity index (χ1) is 9.15. The molecule has 4 heteroatoms. The van der Waals surface area contributed by atoms with E-state index in [9.17, 15) is 9.18 Å². The number of carbonyl (C=O) groups is 1. The molecular formula is C15H14FNOS. The Morgan fingerprint density at radius 2 is 1.89 bits per heavy atom. The number of halogens is 1. The molecule has 98 valence electrons. The van der Waals surface area contributed by atoms with Crippen LogP contribution in [-0.2, 0) is 6.42 Å². The van der Waals surface area contributed by atoms with Crippen molar-refractivity contribution in [2.75, 3.05) is 5.75 Å². The fourth-order valence-corrected chi connectivity index (χ4v) is 2.62. The molecule has 2 N–H and O–H groups in total. The lowest BCUT2D eigenvalue weighted by Gasteiger charge is -2.03. The van der Waals surface area contributed by atoms with Gasteiger partial charge in [-0.2, -0.15) is 0 Å². The molecule has 0 spiro atoms. The number of hydrogen-bond acceptors (Lipinski definition) is 2. The van der Waals surface area contributed by atoms with Gasteiger partial charge >= 0.3 is 0 Å². The van der Waals surface area contributed by atoms with Gasteiger partial charge in [0.15, 0.2) is 0 Å². The lowest BCUT2D eigenvalue weighted by atomic mass is 10.1. The highest BCUT2D eigenvalue weighted by Crippen LogP contribution is 2.20. The highest BCUT2D eigenvalue weighted by atomic mass is 32.2. The normalized spacial score (nSPS) is 10.4. The van der Waals surface area contributed by atoms with Crippen molar-refractivity contribution >= 4 is 17.7 Å². The summed E-state index contributed by atoms with van der Waals surface area (Å²) in [4.78, 5) is 11.9. The molecule has 2 aromatic rings. The molecule has 0 unspecified atom stereocenters. The summed E-state index contributed by atoms with van der Waals surface area (Å²) >= 11 is 1.61. The summed E-state index contributed by atoms with van der Waals surface area (Å²) in [5.41, 5.74) is 6.82. The zero-order valence-electron chi connectivity index (χ0n) is 10.3. The fraction of sp³-hybridized carbons (Fsp3) is 0.133. The van der Waals surface area contributed by atoms with Gasteiger partial charge in [-0.3, -0.25) is 4.79 Å². The van der Waals surface area contributed by atoms with Gasteiger partial charge in [0.25, 0.3) is 0 Å². The number of hydrogen-bond donors (Lipinski definition) is 1. The predicted octanol–water partition coefficient (Wildman–Crippen LogP) is 3.26. The third kappa shape index (κ3) is 4.10. The Morgan fingerprint density at radius 3 is 2.53 bits per heavy atom. The standard InChI is InChI=1S/C15H14FNOS/c16-13-2-1-3-14(10-13)19-9-8-11-4-6-12(7-5-11)15(17)18/h1-7,10H,8-9H2,(H2,17,18). The van der Waals surface area contributed by atoms with Gasteiger partial charge < -0.3 is 5.73 Å². The summed E-state index contributed by atoms with van der Waals surface area (Å²) in [6.45, 7) is 0. The van der Waals surface area contributed by atoms with Crippen molar-refractivity contribution in [3.8, 4) is 0 Å². The van der Waals surface area contributed by atoms with Crippen molar-refractivity contribution in [3.63, 3.8) is 0 Å². The largest absolute Gasteiger partial charge is 0.366 e. The van der Waals surface area contributed by atoms with Crippen LogP contribution in [0.15, 0.2) is 53.4 Å². The van der Waals surface area contributed by atoms with Crippen molar-refractivity contribution < 1.29 is 9.18 Å². The van der Waals surface area contributed by atoms with Crippen LogP contribution in [0.5, 0.6) is 0 Å². The Labute approximate surface area is 115 Å². The zero-order valence-corrected chi connectivity index (χ0v) is 11.1. The molecule has 2 rings (SSSR count). The number of primary amides is 1. The maximum absolute atomic E-state index is 13.0. The Hall–Kier alpha value is -1.81. The number of benzene rings is 2. The van der Waals surface area contributed by atoms with Crippen LogP contribution >= 0.6 is 11.8 Å². The minimum atomic E-state index is -0.416. The Kier molecular flexibility index (Phi) is 4.58. The van der Waals surface area contributed by atoms with Crippen LogP contribution in [0.2, 0.25) is 0 Å². The van der Waals surface area contributed by atoms with Crippen LogP contribution < -0.4 is 5.73 Å². The summed E-state index contributed by atoms with van der Waals surface area (Å²) in [7, 11) is 0. The summed E-state index contributed by atoms with van der Waals surface area (Å²) in [6, 6.07) is 13.8. The molecule has 0 aliphatic carbocycles. The van der Waals surface area contributed by atoms with E-state index in [0.29, 0.717) is 5.56 Å². The zero-order chi connectivity index (χ0) is 13.7. The van der Waals surface area contributed by atoms with Crippen LogP contribution in [0.25, 0.3) is 0 Å². The number of thioether (sulfide) groups is 1. The molecule has 0 saturated heterocycles. The first kappa shape index (κ1) is 13.6. The van der Waals surface area contributed by atoms with Gasteiger partial charge in [0.05, 0.1) is 0 Å². The van der Waals surface area contributed by atoms with E-state index in [0.717, 1.165) is 22.6 Å². The molecule has 0 saturated carbocycles. The van der Waals surface area contributed by atoms with Gasteiger partial charge in [-0.1, -0.05) is 18.2 Å². The topological polar surface area (TPSA) is 43.1 Å². The maximum atomic E-state index is 13.0. The lowest BCUT2D eigenvalue weighted by Crippen LogP contribution is -2.10. The smallest absolute Gasteiger partial charge is 0.248 e. The van der Waals surface area contributed by atoms with Gasteiger partial charge in [0.1, 0.15) is 5.82 Å². The molecular weight excluding hydrogens is 261 g/mol. The molecule has 1 amide bonds. The maximum Gasteiger partial charge on any atom is 0.248 e. The molecule has 2 nitrogen and oxygen atoms in total. The van der Waals surface area contributed by atoms with E-state index >= 15 is 0 Å². The van der Waals surface area contributed by atoms with Crippen LogP contribution in [0.1, 0.15) is 15.9 Å². The molecule has 0 aliphatic rings. The summed E-state index contributed by atoms with van der Waals surface area (Å²) in [5.74, 6) is 0.232. The molecule has 0 heterocycles. The molecule has 0 fully saturated rings. The van der Waals surface area contributed by atoms with E-state index in [-0.39, 0.29) is 5.82 Å². The first-order valence-corrected chi connectivity index (χ1v) is 6.91. The van der Waals surface area contributed by atoms with E-state index in [1.807, 2.05) is 18.2 Å². The second kappa shape index (κ2) is 6.38. The van der Waals surface area contributed by atoms with Crippen molar-refractivity contribution in [1.29, 1.82) is 0 Å². The summed E-state index contributed by atoms with van der Waals surface area (Å²) in [6.07, 6.45) is 0.861. The number of carbonyl (C=O) groups excluding carboxylic acids is 1. The van der Waals surface area contributed by atoms with Gasteiger partial charge in [0.2, 0.25) is 5.91 Å². The summed E-state index contributed by atoms with van der Waals surface area (Å²) in [5, 5.41) is 0. The molecule has 0 bridgehead atoms. The number of rotatable bonds is 5. The van der Waals surface area contributed by atoms with Gasteiger partial charge in [0, 0.05) is 16.2 Å². The van der Waals surface area contributed by atoms with E-state index in [2.05, 4.69) is 0 Å². The molecule has 0 radical (unpaired) electrons. The Morgan fingerprint density at radius 1 is 1.16 bits per heavy atom. The third-order valence-corrected chi connectivity index (χ3v) is 3.69. The fourth-order valence-electron chi connectivity index (χ4n) is 1.68. The van der Waals surface area contributed by atoms with E-state index in [4.69, 9.17) is 5.73 Å². The minimum absolute atomic E-state index is 0.212. The van der Waals surface area contributed by atoms with Gasteiger partial charge in [-0.15, -0.1) is 11.8 Å². The molecule has 0 atom stereocenters.